The van der Waals surface area contributed by atoms with E-state index in [0.717, 1.165) is 38.8 Å². The molecule has 0 saturated carbocycles. The molecule has 0 fully saturated rings. The van der Waals surface area contributed by atoms with Crippen LogP contribution in [0.2, 0.25) is 0 Å². The minimum absolute atomic E-state index is 0.0364. The molecule has 0 spiro atoms. The van der Waals surface area contributed by atoms with Gasteiger partial charge in [-0.3, -0.25) is 4.79 Å². The fourth-order valence-electron chi connectivity index (χ4n) is 2.83. The van der Waals surface area contributed by atoms with Gasteiger partial charge in [0.2, 0.25) is 5.91 Å². The smallest absolute Gasteiger partial charge is 0.241 e. The molecule has 136 valence electrons. The minimum atomic E-state index is -4.21. The van der Waals surface area contributed by atoms with E-state index in [1.165, 1.54) is 6.08 Å². The molecule has 1 unspecified atom stereocenters. The number of nitrogens with zero attached hydrogens (tertiary/aromatic N) is 1. The molecule has 0 saturated heterocycles. The largest absolute Gasteiger partial charge is 0.748 e. The van der Waals surface area contributed by atoms with E-state index in [9.17, 15) is 17.8 Å². The zero-order valence-corrected chi connectivity index (χ0v) is 15.5. The molecule has 6 nitrogen and oxygen atoms in total. The number of rotatable bonds is 13. The Hall–Kier alpha value is -0.920. The average molecular weight is 349 g/mol. The Bertz CT molecular complexity index is 466. The Morgan fingerprint density at radius 1 is 1.22 bits per heavy atom. The molecule has 0 aliphatic rings. The first-order chi connectivity index (χ1) is 10.7. The second-order valence-corrected chi connectivity index (χ2v) is 7.78. The molecule has 23 heavy (non-hydrogen) atoms. The summed E-state index contributed by atoms with van der Waals surface area (Å²) in [5.41, 5.74) is 5.16. The zero-order chi connectivity index (χ0) is 17.9. The molecule has 0 aliphatic carbocycles. The molecule has 0 radical (unpaired) electrons. The fourth-order valence-corrected chi connectivity index (χ4v) is 3.46. The molecule has 0 heterocycles. The average Bonchev–Trinajstić information content (AvgIpc) is 2.46. The monoisotopic (exact) mass is 348 g/mol. The van der Waals surface area contributed by atoms with Crippen molar-refractivity contribution in [2.75, 3.05) is 25.4 Å². The fraction of sp³-hybridized carbons (Fsp3) is 0.812. The van der Waals surface area contributed by atoms with Crippen molar-refractivity contribution in [1.29, 1.82) is 0 Å². The number of quaternary nitrogens is 1. The van der Waals surface area contributed by atoms with E-state index in [2.05, 4.69) is 13.8 Å². The molecule has 0 aromatic rings. The molecule has 0 rings (SSSR count). The van der Waals surface area contributed by atoms with Gasteiger partial charge in [0.05, 0.1) is 35.8 Å². The Labute approximate surface area is 141 Å². The van der Waals surface area contributed by atoms with Gasteiger partial charge < -0.3 is 14.8 Å². The summed E-state index contributed by atoms with van der Waals surface area (Å²) in [6, 6.07) is 0.0364. The lowest BCUT2D eigenvalue weighted by molar-refractivity contribution is -0.945. The maximum Gasteiger partial charge on any atom is 0.241 e. The lowest BCUT2D eigenvalue weighted by Crippen LogP contribution is -2.56. The molecular weight excluding hydrogens is 316 g/mol. The molecule has 0 aromatic heterocycles. The first-order valence-electron chi connectivity index (χ1n) is 8.42. The van der Waals surface area contributed by atoms with Gasteiger partial charge in [0, 0.05) is 18.2 Å². The van der Waals surface area contributed by atoms with Gasteiger partial charge in [0.25, 0.3) is 0 Å². The highest BCUT2D eigenvalue weighted by atomic mass is 32.2. The number of primary amides is 1. The number of nitrogens with two attached hydrogens (primary N) is 1. The van der Waals surface area contributed by atoms with Crippen LogP contribution in [-0.4, -0.2) is 54.8 Å². The molecule has 7 heteroatoms. The third-order valence-corrected chi connectivity index (χ3v) is 5.12. The first-order valence-corrected chi connectivity index (χ1v) is 10.00. The maximum absolute atomic E-state index is 11.0. The van der Waals surface area contributed by atoms with Crippen LogP contribution in [0.25, 0.3) is 0 Å². The van der Waals surface area contributed by atoms with Crippen molar-refractivity contribution in [3.63, 3.8) is 0 Å². The summed E-state index contributed by atoms with van der Waals surface area (Å²) < 4.78 is 33.6. The molecule has 0 bridgehead atoms. The highest BCUT2D eigenvalue weighted by molar-refractivity contribution is 7.85. The van der Waals surface area contributed by atoms with Gasteiger partial charge >= 0.3 is 0 Å². The third-order valence-electron chi connectivity index (χ3n) is 4.39. The zero-order valence-electron chi connectivity index (χ0n) is 14.7. The second-order valence-electron chi connectivity index (χ2n) is 6.26. The molecular formula is C16H32N2O4S. The van der Waals surface area contributed by atoms with Crippen LogP contribution in [-0.2, 0) is 14.9 Å². The molecule has 0 aromatic carbocycles. The molecule has 1 amide bonds. The van der Waals surface area contributed by atoms with E-state index >= 15 is 0 Å². The van der Waals surface area contributed by atoms with E-state index in [4.69, 9.17) is 5.73 Å². The molecule has 1 atom stereocenters. The SMILES string of the molecule is CCCC[N+](CC=CC(N)=O)(CCCC)C(C)CCS(=O)(=O)[O-]. The van der Waals surface area contributed by atoms with E-state index in [0.29, 0.717) is 17.4 Å². The molecule has 2 N–H and O–H groups in total. The number of carbonyl (C=O) groups is 1. The topological polar surface area (TPSA) is 100 Å². The van der Waals surface area contributed by atoms with Crippen molar-refractivity contribution in [3.8, 4) is 0 Å². The van der Waals surface area contributed by atoms with Gasteiger partial charge in [-0.15, -0.1) is 0 Å². The lowest BCUT2D eigenvalue weighted by atomic mass is 10.1. The minimum Gasteiger partial charge on any atom is -0.748 e. The van der Waals surface area contributed by atoms with Crippen molar-refractivity contribution in [1.82, 2.24) is 0 Å². The van der Waals surface area contributed by atoms with Crippen LogP contribution in [0.4, 0.5) is 0 Å². The summed E-state index contributed by atoms with van der Waals surface area (Å²) in [7, 11) is -4.21. The van der Waals surface area contributed by atoms with Crippen LogP contribution in [0.5, 0.6) is 0 Å². The van der Waals surface area contributed by atoms with E-state index < -0.39 is 16.0 Å². The summed E-state index contributed by atoms with van der Waals surface area (Å²) in [6.07, 6.45) is 7.59. The van der Waals surface area contributed by atoms with E-state index in [-0.39, 0.29) is 11.8 Å². The van der Waals surface area contributed by atoms with Crippen LogP contribution in [0.1, 0.15) is 52.9 Å². The Balaban J connectivity index is 5.25. The standard InChI is InChI=1S/C16H32N2O4S/c1-4-6-11-18(12-7-5-2,13-8-9-16(17)19)15(3)10-14-23(20,21)22/h8-9,15H,4-7,10-14H2,1-3H3,(H2-,17,19,20,21,22). The second kappa shape index (κ2) is 10.8. The van der Waals surface area contributed by atoms with Gasteiger partial charge in [-0.05, 0) is 25.8 Å². The van der Waals surface area contributed by atoms with Crippen LogP contribution in [0.15, 0.2) is 12.2 Å². The van der Waals surface area contributed by atoms with Crippen molar-refractivity contribution < 1.29 is 22.2 Å². The third kappa shape index (κ3) is 9.73. The summed E-state index contributed by atoms with van der Waals surface area (Å²) >= 11 is 0. The Kier molecular flexibility index (Phi) is 10.3. The van der Waals surface area contributed by atoms with Gasteiger partial charge in [0.1, 0.15) is 0 Å². The van der Waals surface area contributed by atoms with Crippen molar-refractivity contribution >= 4 is 16.0 Å². The van der Waals surface area contributed by atoms with Crippen LogP contribution < -0.4 is 5.73 Å². The quantitative estimate of drug-likeness (QED) is 0.311. The van der Waals surface area contributed by atoms with Crippen LogP contribution in [0, 0.1) is 0 Å². The number of hydrogen-bond acceptors (Lipinski definition) is 4. The summed E-state index contributed by atoms with van der Waals surface area (Å²) in [6.45, 7) is 8.65. The number of hydrogen-bond donors (Lipinski definition) is 1. The molecule has 0 aliphatic heterocycles. The maximum atomic E-state index is 11.0. The highest BCUT2D eigenvalue weighted by Crippen LogP contribution is 2.21. The predicted molar refractivity (Wildman–Crippen MR) is 91.7 cm³/mol. The summed E-state index contributed by atoms with van der Waals surface area (Å²) in [4.78, 5) is 10.9. The Morgan fingerprint density at radius 2 is 1.74 bits per heavy atom. The van der Waals surface area contributed by atoms with E-state index in [1.54, 1.807) is 6.08 Å². The van der Waals surface area contributed by atoms with Gasteiger partial charge in [0.15, 0.2) is 0 Å². The lowest BCUT2D eigenvalue weighted by Gasteiger charge is -2.43. The number of carbonyl (C=O) groups excluding carboxylic acids is 1. The number of amides is 1. The van der Waals surface area contributed by atoms with Crippen LogP contribution >= 0.6 is 0 Å². The van der Waals surface area contributed by atoms with Gasteiger partial charge in [-0.2, -0.15) is 0 Å². The van der Waals surface area contributed by atoms with Gasteiger partial charge in [-0.25, -0.2) is 8.42 Å². The highest BCUT2D eigenvalue weighted by Gasteiger charge is 2.32. The summed E-state index contributed by atoms with van der Waals surface area (Å²) in [5, 5.41) is 0. The normalized spacial score (nSPS) is 14.3. The Morgan fingerprint density at radius 3 is 2.13 bits per heavy atom. The number of unbranched alkanes of at least 4 members (excludes halogenated alkanes) is 2. The van der Waals surface area contributed by atoms with Crippen molar-refractivity contribution in [2.24, 2.45) is 5.73 Å². The van der Waals surface area contributed by atoms with Crippen molar-refractivity contribution in [2.45, 2.75) is 58.9 Å². The van der Waals surface area contributed by atoms with E-state index in [1.807, 2.05) is 6.92 Å². The summed E-state index contributed by atoms with van der Waals surface area (Å²) in [5.74, 6) is -0.824. The first kappa shape index (κ1) is 22.1. The van der Waals surface area contributed by atoms with Crippen LogP contribution in [0.3, 0.4) is 0 Å². The predicted octanol–water partition coefficient (Wildman–Crippen LogP) is 1.77. The van der Waals surface area contributed by atoms with Gasteiger partial charge in [-0.1, -0.05) is 26.7 Å². The van der Waals surface area contributed by atoms with Crippen molar-refractivity contribution in [3.05, 3.63) is 12.2 Å².